The second-order valence-electron chi connectivity index (χ2n) is 11.0. The monoisotopic (exact) mass is 732 g/mol. The summed E-state index contributed by atoms with van der Waals surface area (Å²) in [4.78, 5) is 104. The SMILES string of the molecule is O=C(O)CC[C@H](NC(=O)N[C@@H](Cc1ccc(NC(=O)Nc2ccc(C[C@H](NC(=O)N[C@@H](CCC(=O)O)C(=O)O)C(=O)O)cc2)cc1)C(=O)O)C(=O)O. The molecule has 21 heteroatoms. The first-order chi connectivity index (χ1) is 24.4. The van der Waals surface area contributed by atoms with E-state index in [1.165, 1.54) is 48.5 Å². The standard InChI is InChI=1S/C31H36N6O15/c38-23(39)11-9-19(25(42)43)34-30(51)36-21(27(46)47)13-15-1-5-17(6-2-15)32-29(50)33-18-7-3-16(4-8-18)14-22(28(48)49)37-31(52)35-20(26(44)45)10-12-24(40)41/h1-8,19-22H,9-14H2,(H,38,39)(H,40,41)(H,42,43)(H,44,45)(H,46,47)(H,48,49)(H2,32,33,50)(H2,34,36,51)(H2,35,37,52)/t19-,20-,21-,22-/m0/s1. The number of hydrogen-bond donors (Lipinski definition) is 12. The summed E-state index contributed by atoms with van der Waals surface area (Å²) in [6, 6.07) is 2.63. The van der Waals surface area contributed by atoms with Crippen molar-refractivity contribution in [1.29, 1.82) is 0 Å². The molecule has 6 amide bonds. The molecule has 280 valence electrons. The van der Waals surface area contributed by atoms with Crippen LogP contribution in [-0.2, 0) is 41.6 Å². The largest absolute Gasteiger partial charge is 0.481 e. The first-order valence-corrected chi connectivity index (χ1v) is 15.2. The maximum atomic E-state index is 12.5. The van der Waals surface area contributed by atoms with Gasteiger partial charge in [0.05, 0.1) is 0 Å². The van der Waals surface area contributed by atoms with Gasteiger partial charge >= 0.3 is 53.9 Å². The summed E-state index contributed by atoms with van der Waals surface area (Å²) in [5.41, 5.74) is 1.42. The van der Waals surface area contributed by atoms with Crippen LogP contribution in [0.1, 0.15) is 36.8 Å². The van der Waals surface area contributed by atoms with Crippen LogP contribution in [0, 0.1) is 0 Å². The second-order valence-corrected chi connectivity index (χ2v) is 11.0. The van der Waals surface area contributed by atoms with E-state index in [0.717, 1.165) is 0 Å². The van der Waals surface area contributed by atoms with Crippen molar-refractivity contribution in [1.82, 2.24) is 21.3 Å². The Bertz CT molecular complexity index is 1530. The van der Waals surface area contributed by atoms with Crippen LogP contribution in [0.3, 0.4) is 0 Å². The summed E-state index contributed by atoms with van der Waals surface area (Å²) in [5, 5.41) is 68.3. The maximum Gasteiger partial charge on any atom is 0.326 e. The summed E-state index contributed by atoms with van der Waals surface area (Å²) >= 11 is 0. The number of amides is 6. The smallest absolute Gasteiger partial charge is 0.326 e. The molecule has 0 aliphatic rings. The van der Waals surface area contributed by atoms with E-state index in [4.69, 9.17) is 10.2 Å². The van der Waals surface area contributed by atoms with E-state index in [2.05, 4.69) is 21.3 Å². The van der Waals surface area contributed by atoms with Gasteiger partial charge in [-0.15, -0.1) is 0 Å². The van der Waals surface area contributed by atoms with Crippen molar-refractivity contribution in [2.45, 2.75) is 62.7 Å². The van der Waals surface area contributed by atoms with Crippen molar-refractivity contribution in [2.24, 2.45) is 0 Å². The van der Waals surface area contributed by atoms with Crippen LogP contribution in [-0.4, -0.2) is 109 Å². The second kappa shape index (κ2) is 19.9. The molecular formula is C31H36N6O15. The summed E-state index contributed by atoms with van der Waals surface area (Å²) in [6.07, 6.45) is -2.38. The van der Waals surface area contributed by atoms with E-state index in [-0.39, 0.29) is 12.8 Å². The minimum absolute atomic E-state index is 0.229. The van der Waals surface area contributed by atoms with E-state index in [9.17, 15) is 63.6 Å². The van der Waals surface area contributed by atoms with Crippen molar-refractivity contribution >= 4 is 65.3 Å². The zero-order valence-electron chi connectivity index (χ0n) is 27.0. The predicted octanol–water partition coefficient (Wildman–Crippen LogP) is 0.556. The van der Waals surface area contributed by atoms with Gasteiger partial charge in [0.15, 0.2) is 0 Å². The highest BCUT2D eigenvalue weighted by atomic mass is 16.4. The fourth-order valence-electron chi connectivity index (χ4n) is 4.38. The molecular weight excluding hydrogens is 696 g/mol. The van der Waals surface area contributed by atoms with E-state index >= 15 is 0 Å². The van der Waals surface area contributed by atoms with Gasteiger partial charge in [-0.2, -0.15) is 0 Å². The van der Waals surface area contributed by atoms with Gasteiger partial charge in [0.25, 0.3) is 0 Å². The van der Waals surface area contributed by atoms with Gasteiger partial charge in [-0.05, 0) is 48.2 Å². The van der Waals surface area contributed by atoms with Gasteiger partial charge in [-0.25, -0.2) is 33.6 Å². The predicted molar refractivity (Wildman–Crippen MR) is 176 cm³/mol. The molecule has 2 aromatic carbocycles. The van der Waals surface area contributed by atoms with Crippen molar-refractivity contribution < 1.29 is 73.8 Å². The number of urea groups is 3. The highest BCUT2D eigenvalue weighted by Crippen LogP contribution is 2.15. The van der Waals surface area contributed by atoms with Crippen molar-refractivity contribution in [3.05, 3.63) is 59.7 Å². The lowest BCUT2D eigenvalue weighted by Crippen LogP contribution is -2.51. The lowest BCUT2D eigenvalue weighted by molar-refractivity contribution is -0.142. The number of carbonyl (C=O) groups excluding carboxylic acids is 3. The van der Waals surface area contributed by atoms with Crippen molar-refractivity contribution in [3.8, 4) is 0 Å². The Labute approximate surface area is 293 Å². The summed E-state index contributed by atoms with van der Waals surface area (Å²) in [6.45, 7) is 0. The molecule has 0 heterocycles. The van der Waals surface area contributed by atoms with Crippen molar-refractivity contribution in [3.63, 3.8) is 0 Å². The molecule has 0 aliphatic carbocycles. The first-order valence-electron chi connectivity index (χ1n) is 15.2. The average Bonchev–Trinajstić information content (AvgIpc) is 3.05. The highest BCUT2D eigenvalue weighted by molar-refractivity contribution is 5.99. The fraction of sp³-hybridized carbons (Fsp3) is 0.323. The molecule has 0 aliphatic heterocycles. The van der Waals surface area contributed by atoms with Crippen LogP contribution in [0.15, 0.2) is 48.5 Å². The number of nitrogens with one attached hydrogen (secondary N) is 6. The lowest BCUT2D eigenvalue weighted by Gasteiger charge is -2.18. The zero-order valence-corrected chi connectivity index (χ0v) is 27.0. The van der Waals surface area contributed by atoms with Gasteiger partial charge < -0.3 is 62.5 Å². The molecule has 0 aromatic heterocycles. The molecule has 2 rings (SSSR count). The molecule has 52 heavy (non-hydrogen) atoms. The van der Waals surface area contributed by atoms with Crippen LogP contribution in [0.5, 0.6) is 0 Å². The minimum atomic E-state index is -1.56. The number of carboxylic acid groups (broad SMARTS) is 6. The number of rotatable bonds is 20. The molecule has 0 radical (unpaired) electrons. The van der Waals surface area contributed by atoms with Crippen molar-refractivity contribution in [2.75, 3.05) is 10.6 Å². The highest BCUT2D eigenvalue weighted by Gasteiger charge is 2.27. The summed E-state index contributed by atoms with van der Waals surface area (Å²) in [5.74, 6) is -8.42. The molecule has 12 N–H and O–H groups in total. The number of anilines is 2. The third-order valence-electron chi connectivity index (χ3n) is 7.01. The molecule has 0 saturated heterocycles. The lowest BCUT2D eigenvalue weighted by atomic mass is 10.1. The molecule has 0 bridgehead atoms. The number of benzene rings is 2. The number of carboxylic acids is 6. The maximum absolute atomic E-state index is 12.5. The van der Waals surface area contributed by atoms with Gasteiger partial charge in [0.1, 0.15) is 24.2 Å². The molecule has 0 spiro atoms. The zero-order chi connectivity index (χ0) is 39.0. The average molecular weight is 733 g/mol. The van der Waals surface area contributed by atoms with Crippen LogP contribution in [0.25, 0.3) is 0 Å². The number of aliphatic carboxylic acids is 6. The Hall–Kier alpha value is -6.93. The third kappa shape index (κ3) is 15.1. The number of hydrogen-bond acceptors (Lipinski definition) is 9. The van der Waals surface area contributed by atoms with Crippen LogP contribution in [0.2, 0.25) is 0 Å². The van der Waals surface area contributed by atoms with E-state index in [1.807, 2.05) is 10.6 Å². The Balaban J connectivity index is 1.92. The first kappa shape index (κ1) is 41.2. The van der Waals surface area contributed by atoms with Gasteiger partial charge in [0, 0.05) is 37.1 Å². The Morgan fingerprint density at radius 3 is 0.981 bits per heavy atom. The van der Waals surface area contributed by atoms with Crippen LogP contribution in [0.4, 0.5) is 25.8 Å². The van der Waals surface area contributed by atoms with Gasteiger partial charge in [-0.3, -0.25) is 9.59 Å². The normalized spacial score (nSPS) is 12.8. The Kier molecular flexibility index (Phi) is 15.8. The third-order valence-corrected chi connectivity index (χ3v) is 7.01. The molecule has 0 saturated carbocycles. The summed E-state index contributed by atoms with van der Waals surface area (Å²) in [7, 11) is 0. The van der Waals surface area contributed by atoms with E-state index in [1.54, 1.807) is 0 Å². The fourth-order valence-corrected chi connectivity index (χ4v) is 4.38. The Morgan fingerprint density at radius 1 is 0.423 bits per heavy atom. The van der Waals surface area contributed by atoms with E-state index < -0.39 is 104 Å². The van der Waals surface area contributed by atoms with Crippen LogP contribution >= 0.6 is 0 Å². The van der Waals surface area contributed by atoms with Gasteiger partial charge in [-0.1, -0.05) is 24.3 Å². The molecule has 21 nitrogen and oxygen atoms in total. The quantitative estimate of drug-likeness (QED) is 0.0884. The molecule has 2 aromatic rings. The molecule has 4 atom stereocenters. The Morgan fingerprint density at radius 2 is 0.712 bits per heavy atom. The topological polar surface area (TPSA) is 347 Å². The van der Waals surface area contributed by atoms with Gasteiger partial charge in [0.2, 0.25) is 0 Å². The van der Waals surface area contributed by atoms with Crippen LogP contribution < -0.4 is 31.9 Å². The number of carbonyl (C=O) groups is 9. The van der Waals surface area contributed by atoms with E-state index in [0.29, 0.717) is 22.5 Å². The molecule has 0 fully saturated rings. The molecule has 0 unspecified atom stereocenters. The summed E-state index contributed by atoms with van der Waals surface area (Å²) < 4.78 is 0. The minimum Gasteiger partial charge on any atom is -0.481 e.